The van der Waals surface area contributed by atoms with E-state index in [1.165, 1.54) is 11.3 Å². The van der Waals surface area contributed by atoms with Crippen molar-refractivity contribution in [3.8, 4) is 0 Å². The topological polar surface area (TPSA) is 20.3 Å². The summed E-state index contributed by atoms with van der Waals surface area (Å²) in [6.07, 6.45) is 6.21. The predicted octanol–water partition coefficient (Wildman–Crippen LogP) is 0.968. The number of nitrogens with zero attached hydrogens (tertiary/aromatic N) is 1. The smallest absolute Gasteiger partial charge is 0.312 e. The third-order valence-corrected chi connectivity index (χ3v) is 1.47. The highest BCUT2D eigenvalue weighted by atomic mass is 16.1. The van der Waals surface area contributed by atoms with Gasteiger partial charge in [0, 0.05) is 6.54 Å². The van der Waals surface area contributed by atoms with Crippen molar-refractivity contribution < 1.29 is 4.79 Å². The van der Waals surface area contributed by atoms with Crippen LogP contribution in [0.1, 0.15) is 25.7 Å². The lowest BCUT2D eigenvalue weighted by molar-refractivity contribution is 0.434. The number of hydrogen-bond donors (Lipinski definition) is 0. The maximum absolute atomic E-state index is 10.1. The zero-order valence-electron chi connectivity index (χ0n) is 5.39. The minimum atomic E-state index is 0.809. The highest BCUT2D eigenvalue weighted by molar-refractivity contribution is 5.49. The molecule has 0 bridgehead atoms. The molecule has 0 N–H and O–H groups in total. The van der Waals surface area contributed by atoms with Crippen molar-refractivity contribution >= 4 is 6.41 Å². The van der Waals surface area contributed by atoms with Gasteiger partial charge in [-0.05, 0) is 12.8 Å². The first-order chi connectivity index (χ1) is 4.43. The summed E-state index contributed by atoms with van der Waals surface area (Å²) in [6.45, 7) is 3.75. The fourth-order valence-corrected chi connectivity index (χ4v) is 0.943. The van der Waals surface area contributed by atoms with Crippen molar-refractivity contribution in [3.05, 3.63) is 6.54 Å². The summed E-state index contributed by atoms with van der Waals surface area (Å²) < 4.78 is 0. The van der Waals surface area contributed by atoms with Crippen LogP contribution in [0.2, 0.25) is 0 Å². The van der Waals surface area contributed by atoms with Gasteiger partial charge in [0.1, 0.15) is 0 Å². The van der Waals surface area contributed by atoms with Crippen LogP contribution >= 0.6 is 0 Å². The van der Waals surface area contributed by atoms with Crippen molar-refractivity contribution in [1.82, 2.24) is 4.90 Å². The Hall–Kier alpha value is -0.530. The van der Waals surface area contributed by atoms with E-state index in [1.807, 2.05) is 6.41 Å². The second-order valence-electron chi connectivity index (χ2n) is 2.21. The second-order valence-corrected chi connectivity index (χ2v) is 2.21. The molecule has 0 atom stereocenters. The van der Waals surface area contributed by atoms with Crippen LogP contribution in [0.3, 0.4) is 0 Å². The Kier molecular flexibility index (Phi) is 2.55. The van der Waals surface area contributed by atoms with Crippen LogP contribution < -0.4 is 0 Å². The van der Waals surface area contributed by atoms with Gasteiger partial charge in [0.05, 0.1) is 6.54 Å². The van der Waals surface area contributed by atoms with E-state index in [4.69, 9.17) is 0 Å². The fourth-order valence-electron chi connectivity index (χ4n) is 0.943. The average Bonchev–Trinajstić information content (AvgIpc) is 2.13. The largest absolute Gasteiger partial charge is 0.324 e. The molecular formula is C7H10NO. The van der Waals surface area contributed by atoms with E-state index in [0.717, 1.165) is 25.8 Å². The number of likely N-dealkylation sites (tertiary alicyclic amines) is 1. The van der Waals surface area contributed by atoms with Crippen molar-refractivity contribution in [2.75, 3.05) is 6.54 Å². The number of amides is 1. The third kappa shape index (κ3) is 2.04. The van der Waals surface area contributed by atoms with Crippen LogP contribution in [0.5, 0.6) is 0 Å². The molecule has 2 nitrogen and oxygen atoms in total. The quantitative estimate of drug-likeness (QED) is 0.510. The van der Waals surface area contributed by atoms with Gasteiger partial charge in [-0.2, -0.15) is 0 Å². The van der Waals surface area contributed by atoms with Crippen molar-refractivity contribution in [2.45, 2.75) is 25.7 Å². The van der Waals surface area contributed by atoms with Gasteiger partial charge in [-0.25, -0.2) is 0 Å². The Balaban J connectivity index is 2.26. The summed E-state index contributed by atoms with van der Waals surface area (Å²) in [7, 11) is 0. The van der Waals surface area contributed by atoms with Crippen molar-refractivity contribution in [2.24, 2.45) is 0 Å². The number of hydrogen-bond acceptors (Lipinski definition) is 1. The molecule has 3 radical (unpaired) electrons. The van der Waals surface area contributed by atoms with Crippen LogP contribution in [-0.4, -0.2) is 17.9 Å². The summed E-state index contributed by atoms with van der Waals surface area (Å²) in [6, 6.07) is 0. The van der Waals surface area contributed by atoms with Gasteiger partial charge < -0.3 is 4.90 Å². The first-order valence-corrected chi connectivity index (χ1v) is 3.32. The standard InChI is InChI=1S/C7H10NO/c9-7-8-5-3-1-2-4-6-8/h1-5H2. The first-order valence-electron chi connectivity index (χ1n) is 3.32. The van der Waals surface area contributed by atoms with E-state index in [9.17, 15) is 4.79 Å². The number of rotatable bonds is 1. The lowest BCUT2D eigenvalue weighted by atomic mass is 10.2. The van der Waals surface area contributed by atoms with Gasteiger partial charge in [0.2, 0.25) is 0 Å². The van der Waals surface area contributed by atoms with Crippen LogP contribution in [0.4, 0.5) is 0 Å². The summed E-state index contributed by atoms with van der Waals surface area (Å²) in [5.41, 5.74) is 0. The third-order valence-electron chi connectivity index (χ3n) is 1.47. The van der Waals surface area contributed by atoms with Gasteiger partial charge in [0.15, 0.2) is 0 Å². The minimum absolute atomic E-state index is 0.809. The van der Waals surface area contributed by atoms with Crippen molar-refractivity contribution in [3.63, 3.8) is 0 Å². The number of carbonyl (C=O) groups excluding carboxylic acids is 1. The summed E-state index contributed by atoms with van der Waals surface area (Å²) in [4.78, 5) is 11.5. The molecule has 1 aliphatic rings. The predicted molar refractivity (Wildman–Crippen MR) is 34.1 cm³/mol. The van der Waals surface area contributed by atoms with E-state index >= 15 is 0 Å². The Labute approximate surface area is 55.8 Å². The van der Waals surface area contributed by atoms with Crippen LogP contribution in [-0.2, 0) is 4.79 Å². The molecule has 1 heterocycles. The minimum Gasteiger partial charge on any atom is -0.324 e. The first kappa shape index (κ1) is 6.59. The van der Waals surface area contributed by atoms with Crippen molar-refractivity contribution in [1.29, 1.82) is 0 Å². The lowest BCUT2D eigenvalue weighted by Crippen LogP contribution is -2.17. The van der Waals surface area contributed by atoms with E-state index < -0.39 is 0 Å². The SMILES string of the molecule is O=[C]N1[C]CCCCC1. The van der Waals surface area contributed by atoms with Gasteiger partial charge in [-0.15, -0.1) is 0 Å². The molecule has 0 unspecified atom stereocenters. The Bertz CT molecular complexity index is 84.9. The zero-order valence-corrected chi connectivity index (χ0v) is 5.39. The molecule has 0 spiro atoms. The maximum atomic E-state index is 10.1. The van der Waals surface area contributed by atoms with E-state index in [2.05, 4.69) is 6.54 Å². The van der Waals surface area contributed by atoms with E-state index in [1.54, 1.807) is 0 Å². The summed E-state index contributed by atoms with van der Waals surface area (Å²) >= 11 is 0. The molecule has 1 saturated heterocycles. The molecule has 9 heavy (non-hydrogen) atoms. The Morgan fingerprint density at radius 3 is 3.00 bits per heavy atom. The van der Waals surface area contributed by atoms with E-state index in [-0.39, 0.29) is 0 Å². The average molecular weight is 124 g/mol. The highest BCUT2D eigenvalue weighted by Crippen LogP contribution is 2.10. The molecule has 1 aliphatic heterocycles. The summed E-state index contributed by atoms with van der Waals surface area (Å²) in [5.74, 6) is 0. The molecule has 0 saturated carbocycles. The molecule has 1 fully saturated rings. The Morgan fingerprint density at radius 2 is 2.22 bits per heavy atom. The fraction of sp³-hybridized carbons (Fsp3) is 0.714. The van der Waals surface area contributed by atoms with Crippen LogP contribution in [0, 0.1) is 6.54 Å². The van der Waals surface area contributed by atoms with E-state index in [0.29, 0.717) is 0 Å². The van der Waals surface area contributed by atoms with Gasteiger partial charge >= 0.3 is 6.41 Å². The normalized spacial score (nSPS) is 21.1. The molecule has 0 aromatic rings. The van der Waals surface area contributed by atoms with Crippen LogP contribution in [0.15, 0.2) is 0 Å². The molecule has 0 aromatic heterocycles. The lowest BCUT2D eigenvalue weighted by Gasteiger charge is -2.08. The molecule has 1 rings (SSSR count). The molecule has 0 aromatic carbocycles. The Morgan fingerprint density at radius 1 is 1.33 bits per heavy atom. The monoisotopic (exact) mass is 124 g/mol. The molecule has 49 valence electrons. The highest BCUT2D eigenvalue weighted by Gasteiger charge is 2.06. The second kappa shape index (κ2) is 3.49. The van der Waals surface area contributed by atoms with Crippen LogP contribution in [0.25, 0.3) is 0 Å². The summed E-state index contributed by atoms with van der Waals surface area (Å²) in [5, 5.41) is 0. The maximum Gasteiger partial charge on any atom is 0.312 e. The van der Waals surface area contributed by atoms with Gasteiger partial charge in [-0.3, -0.25) is 4.79 Å². The molecular weight excluding hydrogens is 114 g/mol. The van der Waals surface area contributed by atoms with Gasteiger partial charge in [0.25, 0.3) is 0 Å². The molecule has 2 heteroatoms. The molecule has 1 amide bonds. The zero-order chi connectivity index (χ0) is 6.53. The van der Waals surface area contributed by atoms with Gasteiger partial charge in [-0.1, -0.05) is 12.8 Å². The molecule has 0 aliphatic carbocycles.